The molecule has 0 saturated carbocycles. The Morgan fingerprint density at radius 3 is 2.25 bits per heavy atom. The van der Waals surface area contributed by atoms with Crippen LogP contribution in [0.25, 0.3) is 0 Å². The van der Waals surface area contributed by atoms with E-state index in [0.29, 0.717) is 0 Å². The Hall–Kier alpha value is -2.29. The third kappa shape index (κ3) is 2.82. The standard InChI is InChI=1S/C17H19N3/c1-13-7-3-5-9-15(13)18-17(20-11-12-20)19-16-10-6-4-8-14(16)2/h3-10H,11-12H2,1-2H3,(H,18,19). The average molecular weight is 265 g/mol. The molecule has 0 bridgehead atoms. The molecular weight excluding hydrogens is 246 g/mol. The maximum Gasteiger partial charge on any atom is 0.203 e. The highest BCUT2D eigenvalue weighted by molar-refractivity contribution is 5.97. The predicted octanol–water partition coefficient (Wildman–Crippen LogP) is 3.72. The highest BCUT2D eigenvalue weighted by Crippen LogP contribution is 2.21. The SMILES string of the molecule is Cc1ccccc1N=C(Nc1ccccc1C)N1CC1. The second kappa shape index (κ2) is 5.37. The molecule has 1 fully saturated rings. The lowest BCUT2D eigenvalue weighted by molar-refractivity contribution is 0.839. The van der Waals surface area contributed by atoms with Gasteiger partial charge in [-0.2, -0.15) is 0 Å². The maximum absolute atomic E-state index is 4.79. The van der Waals surface area contributed by atoms with Crippen molar-refractivity contribution in [2.45, 2.75) is 13.8 Å². The first-order valence-corrected chi connectivity index (χ1v) is 6.96. The second-order valence-corrected chi connectivity index (χ2v) is 5.15. The molecule has 2 aromatic rings. The van der Waals surface area contributed by atoms with E-state index in [1.54, 1.807) is 0 Å². The Labute approximate surface area is 120 Å². The highest BCUT2D eigenvalue weighted by Gasteiger charge is 2.23. The van der Waals surface area contributed by atoms with Gasteiger partial charge in [-0.25, -0.2) is 4.99 Å². The molecule has 0 aromatic heterocycles. The van der Waals surface area contributed by atoms with Crippen LogP contribution in [0, 0.1) is 13.8 Å². The van der Waals surface area contributed by atoms with Gasteiger partial charge in [0.05, 0.1) is 5.69 Å². The summed E-state index contributed by atoms with van der Waals surface area (Å²) >= 11 is 0. The number of rotatable bonds is 2. The van der Waals surface area contributed by atoms with Crippen molar-refractivity contribution in [2.24, 2.45) is 4.99 Å². The number of anilines is 1. The smallest absolute Gasteiger partial charge is 0.203 e. The van der Waals surface area contributed by atoms with Crippen LogP contribution in [-0.2, 0) is 0 Å². The monoisotopic (exact) mass is 265 g/mol. The summed E-state index contributed by atoms with van der Waals surface area (Å²) in [5, 5.41) is 3.46. The molecule has 1 saturated heterocycles. The third-order valence-electron chi connectivity index (χ3n) is 3.48. The number of aryl methyl sites for hydroxylation is 2. The predicted molar refractivity (Wildman–Crippen MR) is 84.6 cm³/mol. The highest BCUT2D eigenvalue weighted by atomic mass is 15.4. The Bertz CT molecular complexity index is 642. The maximum atomic E-state index is 4.79. The van der Waals surface area contributed by atoms with Crippen LogP contribution in [0.1, 0.15) is 11.1 Å². The van der Waals surface area contributed by atoms with E-state index in [2.05, 4.69) is 54.4 Å². The van der Waals surface area contributed by atoms with Gasteiger partial charge in [0.1, 0.15) is 0 Å². The Balaban J connectivity index is 1.91. The number of nitrogens with one attached hydrogen (secondary N) is 1. The van der Waals surface area contributed by atoms with Gasteiger partial charge >= 0.3 is 0 Å². The zero-order valence-electron chi connectivity index (χ0n) is 11.9. The summed E-state index contributed by atoms with van der Waals surface area (Å²) in [6.45, 7) is 6.34. The van der Waals surface area contributed by atoms with Gasteiger partial charge in [-0.3, -0.25) is 0 Å². The van der Waals surface area contributed by atoms with Gasteiger partial charge in [0.2, 0.25) is 5.96 Å². The molecule has 3 heteroatoms. The molecule has 20 heavy (non-hydrogen) atoms. The molecule has 0 aliphatic carbocycles. The molecule has 3 rings (SSSR count). The van der Waals surface area contributed by atoms with Crippen molar-refractivity contribution in [3.63, 3.8) is 0 Å². The summed E-state index contributed by atoms with van der Waals surface area (Å²) in [5.74, 6) is 0.939. The topological polar surface area (TPSA) is 27.4 Å². The van der Waals surface area contributed by atoms with Gasteiger partial charge in [-0.05, 0) is 37.1 Å². The second-order valence-electron chi connectivity index (χ2n) is 5.15. The minimum Gasteiger partial charge on any atom is -0.339 e. The van der Waals surface area contributed by atoms with Crippen LogP contribution in [-0.4, -0.2) is 23.9 Å². The molecule has 102 valence electrons. The molecule has 0 radical (unpaired) electrons. The first kappa shape index (κ1) is 12.7. The van der Waals surface area contributed by atoms with Crippen molar-refractivity contribution in [1.82, 2.24) is 4.90 Å². The summed E-state index contributed by atoms with van der Waals surface area (Å²) in [7, 11) is 0. The fraction of sp³-hybridized carbons (Fsp3) is 0.235. The van der Waals surface area contributed by atoms with Gasteiger partial charge in [-0.1, -0.05) is 36.4 Å². The number of guanidine groups is 1. The summed E-state index contributed by atoms with van der Waals surface area (Å²) in [6, 6.07) is 16.5. The molecule has 0 unspecified atom stereocenters. The van der Waals surface area contributed by atoms with Crippen molar-refractivity contribution in [1.29, 1.82) is 0 Å². The summed E-state index contributed by atoms with van der Waals surface area (Å²) < 4.78 is 0. The quantitative estimate of drug-likeness (QED) is 0.509. The van der Waals surface area contributed by atoms with E-state index in [-0.39, 0.29) is 0 Å². The molecule has 0 spiro atoms. The van der Waals surface area contributed by atoms with Gasteiger partial charge in [0.15, 0.2) is 0 Å². The molecule has 0 amide bonds. The van der Waals surface area contributed by atoms with Crippen LogP contribution in [0.3, 0.4) is 0 Å². The van der Waals surface area contributed by atoms with Gasteiger partial charge in [-0.15, -0.1) is 0 Å². The minimum absolute atomic E-state index is 0.939. The Morgan fingerprint density at radius 1 is 0.950 bits per heavy atom. The number of para-hydroxylation sites is 2. The lowest BCUT2D eigenvalue weighted by Gasteiger charge is -2.13. The zero-order chi connectivity index (χ0) is 13.9. The molecule has 0 atom stereocenters. The molecular formula is C17H19N3. The van der Waals surface area contributed by atoms with E-state index in [9.17, 15) is 0 Å². The van der Waals surface area contributed by atoms with Gasteiger partial charge < -0.3 is 10.2 Å². The first-order valence-electron chi connectivity index (χ1n) is 6.96. The lowest BCUT2D eigenvalue weighted by atomic mass is 10.2. The first-order chi connectivity index (χ1) is 9.74. The van der Waals surface area contributed by atoms with Crippen LogP contribution in [0.5, 0.6) is 0 Å². The van der Waals surface area contributed by atoms with Gasteiger partial charge in [0.25, 0.3) is 0 Å². The summed E-state index contributed by atoms with van der Waals surface area (Å²) in [5.41, 5.74) is 4.56. The number of benzene rings is 2. The van der Waals surface area contributed by atoms with Crippen LogP contribution in [0.15, 0.2) is 53.5 Å². The third-order valence-corrected chi connectivity index (χ3v) is 3.48. The van der Waals surface area contributed by atoms with Crippen molar-refractivity contribution in [3.05, 3.63) is 59.7 Å². The van der Waals surface area contributed by atoms with E-state index >= 15 is 0 Å². The summed E-state index contributed by atoms with van der Waals surface area (Å²) in [6.07, 6.45) is 0. The fourth-order valence-electron chi connectivity index (χ4n) is 2.08. The van der Waals surface area contributed by atoms with E-state index in [1.165, 1.54) is 11.1 Å². The molecule has 3 nitrogen and oxygen atoms in total. The number of aliphatic imine (C=N–C) groups is 1. The molecule has 1 aliphatic heterocycles. The lowest BCUT2D eigenvalue weighted by Crippen LogP contribution is -2.21. The van der Waals surface area contributed by atoms with Crippen molar-refractivity contribution < 1.29 is 0 Å². The average Bonchev–Trinajstić information content (AvgIpc) is 3.27. The van der Waals surface area contributed by atoms with Crippen molar-refractivity contribution >= 4 is 17.3 Å². The molecule has 1 heterocycles. The Kier molecular flexibility index (Phi) is 3.42. The van der Waals surface area contributed by atoms with Gasteiger partial charge in [0, 0.05) is 18.8 Å². The van der Waals surface area contributed by atoms with E-state index < -0.39 is 0 Å². The van der Waals surface area contributed by atoms with Crippen LogP contribution in [0.4, 0.5) is 11.4 Å². The Morgan fingerprint density at radius 2 is 1.60 bits per heavy atom. The number of nitrogens with zero attached hydrogens (tertiary/aromatic N) is 2. The van der Waals surface area contributed by atoms with E-state index in [4.69, 9.17) is 4.99 Å². The normalized spacial score (nSPS) is 14.3. The molecule has 2 aromatic carbocycles. The van der Waals surface area contributed by atoms with Crippen molar-refractivity contribution in [2.75, 3.05) is 18.4 Å². The summed E-state index contributed by atoms with van der Waals surface area (Å²) in [4.78, 5) is 7.02. The van der Waals surface area contributed by atoms with E-state index in [1.807, 2.05) is 18.2 Å². The van der Waals surface area contributed by atoms with Crippen molar-refractivity contribution in [3.8, 4) is 0 Å². The van der Waals surface area contributed by atoms with Crippen LogP contribution in [0.2, 0.25) is 0 Å². The van der Waals surface area contributed by atoms with Crippen LogP contribution < -0.4 is 5.32 Å². The minimum atomic E-state index is 0.939. The van der Waals surface area contributed by atoms with Crippen LogP contribution >= 0.6 is 0 Å². The molecule has 1 N–H and O–H groups in total. The number of hydrogen-bond donors (Lipinski definition) is 1. The van der Waals surface area contributed by atoms with E-state index in [0.717, 1.165) is 30.4 Å². The number of hydrogen-bond acceptors (Lipinski definition) is 1. The largest absolute Gasteiger partial charge is 0.339 e. The zero-order valence-corrected chi connectivity index (χ0v) is 11.9. The fourth-order valence-corrected chi connectivity index (χ4v) is 2.08. The molecule has 1 aliphatic rings.